The Labute approximate surface area is 96.9 Å². The molecule has 0 spiro atoms. The van der Waals surface area contributed by atoms with Gasteiger partial charge in [0.1, 0.15) is 0 Å². The van der Waals surface area contributed by atoms with Crippen LogP contribution in [0.2, 0.25) is 0 Å². The second-order valence-corrected chi connectivity index (χ2v) is 4.39. The van der Waals surface area contributed by atoms with Gasteiger partial charge in [0.2, 0.25) is 0 Å². The maximum Gasteiger partial charge on any atom is 0.0616 e. The molecule has 0 saturated carbocycles. The van der Waals surface area contributed by atoms with Gasteiger partial charge in [0.15, 0.2) is 0 Å². The van der Waals surface area contributed by atoms with Crippen LogP contribution in [0.15, 0.2) is 24.3 Å². The zero-order valence-electron chi connectivity index (χ0n) is 10.1. The van der Waals surface area contributed by atoms with Gasteiger partial charge in [-0.25, -0.2) is 0 Å². The van der Waals surface area contributed by atoms with E-state index in [0.717, 1.165) is 0 Å². The molecule has 0 heterocycles. The maximum atomic E-state index is 5.36. The Kier molecular flexibility index (Phi) is 3.13. The van der Waals surface area contributed by atoms with Gasteiger partial charge in [-0.2, -0.15) is 0 Å². The van der Waals surface area contributed by atoms with E-state index in [-0.39, 0.29) is 5.41 Å². The summed E-state index contributed by atoms with van der Waals surface area (Å²) in [6.07, 6.45) is 4.37. The van der Waals surface area contributed by atoms with Gasteiger partial charge >= 0.3 is 0 Å². The van der Waals surface area contributed by atoms with Crippen LogP contribution in [0, 0.1) is 6.92 Å². The second kappa shape index (κ2) is 4.40. The molecule has 0 atom stereocenters. The number of ether oxygens (including phenoxy) is 2. The van der Waals surface area contributed by atoms with Crippen molar-refractivity contribution in [3.05, 3.63) is 41.0 Å². The molecule has 0 fully saturated rings. The SMILES string of the molecule is COCC1(COC)C=Cc2cccc(C)c21. The third kappa shape index (κ3) is 1.68. The van der Waals surface area contributed by atoms with E-state index in [1.807, 2.05) is 0 Å². The average Bonchev–Trinajstić information content (AvgIpc) is 2.60. The summed E-state index contributed by atoms with van der Waals surface area (Å²) >= 11 is 0. The number of aryl methyl sites for hydroxylation is 1. The standard InChI is InChI=1S/C14H18O2/c1-11-5-4-6-12-7-8-14(9-15-2,10-16-3)13(11)12/h4-8H,9-10H2,1-3H3. The van der Waals surface area contributed by atoms with Gasteiger partial charge in [-0.1, -0.05) is 30.4 Å². The Morgan fingerprint density at radius 2 is 1.81 bits per heavy atom. The first kappa shape index (κ1) is 11.4. The van der Waals surface area contributed by atoms with E-state index >= 15 is 0 Å². The molecule has 0 aromatic heterocycles. The summed E-state index contributed by atoms with van der Waals surface area (Å²) in [4.78, 5) is 0. The Morgan fingerprint density at radius 1 is 1.12 bits per heavy atom. The fraction of sp³-hybridized carbons (Fsp3) is 0.429. The third-order valence-corrected chi connectivity index (χ3v) is 3.19. The predicted molar refractivity (Wildman–Crippen MR) is 65.6 cm³/mol. The summed E-state index contributed by atoms with van der Waals surface area (Å²) in [5.41, 5.74) is 3.83. The number of hydrogen-bond donors (Lipinski definition) is 0. The highest BCUT2D eigenvalue weighted by atomic mass is 16.5. The predicted octanol–water partition coefficient (Wildman–Crippen LogP) is 2.55. The van der Waals surface area contributed by atoms with Crippen molar-refractivity contribution in [2.24, 2.45) is 0 Å². The van der Waals surface area contributed by atoms with Crippen molar-refractivity contribution in [1.82, 2.24) is 0 Å². The lowest BCUT2D eigenvalue weighted by atomic mass is 9.81. The van der Waals surface area contributed by atoms with Crippen LogP contribution in [-0.2, 0) is 14.9 Å². The zero-order valence-corrected chi connectivity index (χ0v) is 10.1. The Hall–Kier alpha value is -1.12. The highest BCUT2D eigenvalue weighted by molar-refractivity contribution is 5.67. The van der Waals surface area contributed by atoms with Crippen LogP contribution in [0.4, 0.5) is 0 Å². The molecule has 0 N–H and O–H groups in total. The van der Waals surface area contributed by atoms with Crippen LogP contribution in [-0.4, -0.2) is 27.4 Å². The molecule has 1 aromatic carbocycles. The summed E-state index contributed by atoms with van der Waals surface area (Å²) in [5.74, 6) is 0. The van der Waals surface area contributed by atoms with Crippen molar-refractivity contribution in [2.45, 2.75) is 12.3 Å². The van der Waals surface area contributed by atoms with Crippen LogP contribution < -0.4 is 0 Å². The molecule has 1 aliphatic carbocycles. The first-order valence-electron chi connectivity index (χ1n) is 5.51. The van der Waals surface area contributed by atoms with Gasteiger partial charge in [0.25, 0.3) is 0 Å². The molecule has 2 rings (SSSR count). The summed E-state index contributed by atoms with van der Waals surface area (Å²) < 4.78 is 10.7. The monoisotopic (exact) mass is 218 g/mol. The topological polar surface area (TPSA) is 18.5 Å². The van der Waals surface area contributed by atoms with Crippen LogP contribution in [0.3, 0.4) is 0 Å². The van der Waals surface area contributed by atoms with Gasteiger partial charge < -0.3 is 9.47 Å². The third-order valence-electron chi connectivity index (χ3n) is 3.19. The van der Waals surface area contributed by atoms with E-state index in [0.29, 0.717) is 13.2 Å². The summed E-state index contributed by atoms with van der Waals surface area (Å²) in [6, 6.07) is 6.38. The molecule has 0 bridgehead atoms. The van der Waals surface area contributed by atoms with E-state index < -0.39 is 0 Å². The molecule has 0 aliphatic heterocycles. The number of rotatable bonds is 4. The number of fused-ring (bicyclic) bond motifs is 1. The van der Waals surface area contributed by atoms with Crippen molar-refractivity contribution < 1.29 is 9.47 Å². The van der Waals surface area contributed by atoms with E-state index in [9.17, 15) is 0 Å². The second-order valence-electron chi connectivity index (χ2n) is 4.39. The van der Waals surface area contributed by atoms with E-state index in [4.69, 9.17) is 9.47 Å². The molecule has 16 heavy (non-hydrogen) atoms. The van der Waals surface area contributed by atoms with Gasteiger partial charge in [-0.15, -0.1) is 0 Å². The smallest absolute Gasteiger partial charge is 0.0616 e. The minimum Gasteiger partial charge on any atom is -0.383 e. The maximum absolute atomic E-state index is 5.36. The van der Waals surface area contributed by atoms with Crippen molar-refractivity contribution in [2.75, 3.05) is 27.4 Å². The normalized spacial score (nSPS) is 16.4. The summed E-state index contributed by atoms with van der Waals surface area (Å²) in [7, 11) is 3.48. The molecule has 1 aliphatic rings. The molecule has 86 valence electrons. The van der Waals surface area contributed by atoms with Gasteiger partial charge in [0, 0.05) is 14.2 Å². The lowest BCUT2D eigenvalue weighted by Crippen LogP contribution is -2.33. The van der Waals surface area contributed by atoms with Crippen LogP contribution in [0.1, 0.15) is 16.7 Å². The number of methoxy groups -OCH3 is 2. The Balaban J connectivity index is 2.49. The van der Waals surface area contributed by atoms with Crippen molar-refractivity contribution >= 4 is 6.08 Å². The van der Waals surface area contributed by atoms with Crippen molar-refractivity contribution in [3.63, 3.8) is 0 Å². The number of hydrogen-bond acceptors (Lipinski definition) is 2. The van der Waals surface area contributed by atoms with Crippen LogP contribution >= 0.6 is 0 Å². The van der Waals surface area contributed by atoms with Gasteiger partial charge in [-0.3, -0.25) is 0 Å². The highest BCUT2D eigenvalue weighted by Crippen LogP contribution is 2.38. The fourth-order valence-corrected chi connectivity index (χ4v) is 2.64. The van der Waals surface area contributed by atoms with Gasteiger partial charge in [0.05, 0.1) is 18.6 Å². The molecule has 0 radical (unpaired) electrons. The first-order valence-corrected chi connectivity index (χ1v) is 5.51. The van der Waals surface area contributed by atoms with Crippen molar-refractivity contribution in [3.8, 4) is 0 Å². The molecular weight excluding hydrogens is 200 g/mol. The molecule has 2 heteroatoms. The van der Waals surface area contributed by atoms with Crippen LogP contribution in [0.5, 0.6) is 0 Å². The lowest BCUT2D eigenvalue weighted by molar-refractivity contribution is 0.0842. The summed E-state index contributed by atoms with van der Waals surface area (Å²) in [6.45, 7) is 3.47. The van der Waals surface area contributed by atoms with Gasteiger partial charge in [-0.05, 0) is 23.6 Å². The quantitative estimate of drug-likeness (QED) is 0.773. The average molecular weight is 218 g/mol. The van der Waals surface area contributed by atoms with E-state index in [2.05, 4.69) is 37.3 Å². The fourth-order valence-electron chi connectivity index (χ4n) is 2.64. The first-order chi connectivity index (χ1) is 7.73. The van der Waals surface area contributed by atoms with E-state index in [1.165, 1.54) is 16.7 Å². The largest absolute Gasteiger partial charge is 0.383 e. The summed E-state index contributed by atoms with van der Waals surface area (Å²) in [5, 5.41) is 0. The Bertz CT molecular complexity index is 401. The molecule has 0 saturated heterocycles. The molecular formula is C14H18O2. The lowest BCUT2D eigenvalue weighted by Gasteiger charge is -2.29. The molecule has 2 nitrogen and oxygen atoms in total. The zero-order chi connectivity index (χ0) is 11.6. The van der Waals surface area contributed by atoms with Crippen LogP contribution in [0.25, 0.3) is 6.08 Å². The Morgan fingerprint density at radius 3 is 2.44 bits per heavy atom. The minimum absolute atomic E-state index is 0.107. The molecule has 1 aromatic rings. The van der Waals surface area contributed by atoms with E-state index in [1.54, 1.807) is 14.2 Å². The molecule has 0 unspecified atom stereocenters. The minimum atomic E-state index is -0.107. The molecule has 0 amide bonds. The number of benzene rings is 1. The highest BCUT2D eigenvalue weighted by Gasteiger charge is 2.36. The van der Waals surface area contributed by atoms with Crippen molar-refractivity contribution in [1.29, 1.82) is 0 Å².